The molecule has 4 rings (SSSR count). The smallest absolute Gasteiger partial charge is 0.256 e. The molecular formula is C23H27N5O2S. The number of thiazole rings is 1. The highest BCUT2D eigenvalue weighted by molar-refractivity contribution is 7.18. The van der Waals surface area contributed by atoms with E-state index in [1.54, 1.807) is 23.7 Å². The number of aryl methyl sites for hydroxylation is 1. The molecule has 0 saturated carbocycles. The molecule has 1 aliphatic rings. The van der Waals surface area contributed by atoms with Gasteiger partial charge in [-0.3, -0.25) is 9.59 Å². The Kier molecular flexibility index (Phi) is 6.27. The number of hydrogen-bond donors (Lipinski definition) is 1. The van der Waals surface area contributed by atoms with Crippen LogP contribution in [0.15, 0.2) is 30.6 Å². The molecule has 2 amide bonds. The van der Waals surface area contributed by atoms with Crippen molar-refractivity contribution in [3.8, 4) is 0 Å². The summed E-state index contributed by atoms with van der Waals surface area (Å²) in [4.78, 5) is 40.4. The van der Waals surface area contributed by atoms with Gasteiger partial charge in [0.1, 0.15) is 5.82 Å². The normalized spacial score (nSPS) is 16.6. The van der Waals surface area contributed by atoms with Gasteiger partial charge < -0.3 is 10.2 Å². The molecule has 0 radical (unpaired) electrons. The van der Waals surface area contributed by atoms with Crippen molar-refractivity contribution in [2.45, 2.75) is 46.0 Å². The van der Waals surface area contributed by atoms with Crippen LogP contribution < -0.4 is 5.32 Å². The van der Waals surface area contributed by atoms with Crippen LogP contribution in [0.4, 0.5) is 5.69 Å². The van der Waals surface area contributed by atoms with Crippen molar-refractivity contribution < 1.29 is 9.59 Å². The molecule has 1 N–H and O–H groups in total. The first kappa shape index (κ1) is 21.4. The van der Waals surface area contributed by atoms with Gasteiger partial charge in [0.05, 0.1) is 20.8 Å². The summed E-state index contributed by atoms with van der Waals surface area (Å²) in [6, 6.07) is 5.79. The van der Waals surface area contributed by atoms with Gasteiger partial charge in [-0.15, -0.1) is 11.3 Å². The fourth-order valence-electron chi connectivity index (χ4n) is 3.94. The molecule has 0 bridgehead atoms. The minimum Gasteiger partial charge on any atom is -0.338 e. The molecule has 8 heteroatoms. The van der Waals surface area contributed by atoms with Crippen LogP contribution in [0, 0.1) is 12.8 Å². The van der Waals surface area contributed by atoms with E-state index >= 15 is 0 Å². The highest BCUT2D eigenvalue weighted by Gasteiger charge is 2.26. The highest BCUT2D eigenvalue weighted by Crippen LogP contribution is 2.26. The zero-order chi connectivity index (χ0) is 22.0. The molecule has 1 aliphatic heterocycles. The molecule has 1 fully saturated rings. The predicted molar refractivity (Wildman–Crippen MR) is 122 cm³/mol. The van der Waals surface area contributed by atoms with Crippen molar-refractivity contribution in [3.63, 3.8) is 0 Å². The van der Waals surface area contributed by atoms with Gasteiger partial charge in [-0.25, -0.2) is 15.0 Å². The Morgan fingerprint density at radius 3 is 2.77 bits per heavy atom. The number of benzene rings is 1. The summed E-state index contributed by atoms with van der Waals surface area (Å²) in [5.74, 6) is 1.01. The second-order valence-corrected chi connectivity index (χ2v) is 9.65. The minimum atomic E-state index is -0.0635. The van der Waals surface area contributed by atoms with E-state index in [9.17, 15) is 9.59 Å². The molecule has 0 unspecified atom stereocenters. The third kappa shape index (κ3) is 5.07. The summed E-state index contributed by atoms with van der Waals surface area (Å²) in [6.45, 7) is 7.29. The van der Waals surface area contributed by atoms with Crippen molar-refractivity contribution >= 4 is 39.1 Å². The number of nitrogens with one attached hydrogen (secondary N) is 1. The molecular weight excluding hydrogens is 410 g/mol. The maximum Gasteiger partial charge on any atom is 0.256 e. The molecule has 7 nitrogen and oxygen atoms in total. The number of anilines is 1. The van der Waals surface area contributed by atoms with Gasteiger partial charge in [0.25, 0.3) is 5.91 Å². The molecule has 162 valence electrons. The molecule has 2 aromatic heterocycles. The van der Waals surface area contributed by atoms with Crippen LogP contribution in [0.1, 0.15) is 60.2 Å². The van der Waals surface area contributed by atoms with E-state index in [0.29, 0.717) is 25.1 Å². The molecule has 3 heterocycles. The van der Waals surface area contributed by atoms with Gasteiger partial charge in [0, 0.05) is 43.5 Å². The lowest BCUT2D eigenvalue weighted by atomic mass is 9.94. The number of likely N-dealkylation sites (tertiary alicyclic amines) is 1. The van der Waals surface area contributed by atoms with Crippen molar-refractivity contribution in [1.82, 2.24) is 19.9 Å². The zero-order valence-corrected chi connectivity index (χ0v) is 18.9. The van der Waals surface area contributed by atoms with E-state index < -0.39 is 0 Å². The SMILES string of the molecule is Cc1nc2ccc(NC(=O)C[C@@H]3CCCN(C(=O)c4cnc(C(C)C)nc4)C3)cc2s1. The third-order valence-corrected chi connectivity index (χ3v) is 6.43. The van der Waals surface area contributed by atoms with Crippen LogP contribution in [0.3, 0.4) is 0 Å². The van der Waals surface area contributed by atoms with Crippen molar-refractivity contribution in [2.24, 2.45) is 5.92 Å². The van der Waals surface area contributed by atoms with Crippen LogP contribution in [0.25, 0.3) is 10.2 Å². The van der Waals surface area contributed by atoms with Gasteiger partial charge in [0.2, 0.25) is 5.91 Å². The first-order chi connectivity index (χ1) is 14.9. The molecule has 0 aliphatic carbocycles. The summed E-state index contributed by atoms with van der Waals surface area (Å²) in [7, 11) is 0. The third-order valence-electron chi connectivity index (χ3n) is 5.49. The minimum absolute atomic E-state index is 0.0236. The molecule has 1 saturated heterocycles. The summed E-state index contributed by atoms with van der Waals surface area (Å²) >= 11 is 1.62. The molecule has 31 heavy (non-hydrogen) atoms. The number of hydrogen-bond acceptors (Lipinski definition) is 6. The fourth-order valence-corrected chi connectivity index (χ4v) is 4.80. The standard InChI is InChI=1S/C23H27N5O2S/c1-14(2)22-24-11-17(12-25-22)23(30)28-8-4-5-16(13-28)9-21(29)27-18-6-7-19-20(10-18)31-15(3)26-19/h6-7,10-12,14,16H,4-5,8-9,13H2,1-3H3,(H,27,29)/t16-/m0/s1. The zero-order valence-electron chi connectivity index (χ0n) is 18.1. The highest BCUT2D eigenvalue weighted by atomic mass is 32.1. The lowest BCUT2D eigenvalue weighted by molar-refractivity contribution is -0.117. The van der Waals surface area contributed by atoms with Crippen LogP contribution in [0.5, 0.6) is 0 Å². The molecule has 3 aromatic rings. The van der Waals surface area contributed by atoms with E-state index in [2.05, 4.69) is 20.3 Å². The average Bonchev–Trinajstić information content (AvgIpc) is 3.12. The van der Waals surface area contributed by atoms with Crippen LogP contribution in [-0.2, 0) is 4.79 Å². The first-order valence-electron chi connectivity index (χ1n) is 10.7. The summed E-state index contributed by atoms with van der Waals surface area (Å²) < 4.78 is 1.07. The van der Waals surface area contributed by atoms with E-state index in [1.807, 2.05) is 43.9 Å². The largest absolute Gasteiger partial charge is 0.338 e. The number of amides is 2. The second kappa shape index (κ2) is 9.09. The Labute approximate surface area is 185 Å². The number of piperidine rings is 1. The Balaban J connectivity index is 1.35. The number of fused-ring (bicyclic) bond motifs is 1. The van der Waals surface area contributed by atoms with Gasteiger partial charge in [-0.1, -0.05) is 13.8 Å². The quantitative estimate of drug-likeness (QED) is 0.639. The van der Waals surface area contributed by atoms with Crippen LogP contribution in [0.2, 0.25) is 0 Å². The van der Waals surface area contributed by atoms with Gasteiger partial charge in [-0.2, -0.15) is 0 Å². The van der Waals surface area contributed by atoms with Gasteiger partial charge in [-0.05, 0) is 43.9 Å². The predicted octanol–water partition coefficient (Wildman–Crippen LogP) is 4.40. The van der Waals surface area contributed by atoms with Gasteiger partial charge in [0.15, 0.2) is 0 Å². The Morgan fingerprint density at radius 2 is 2.03 bits per heavy atom. The summed E-state index contributed by atoms with van der Waals surface area (Å²) in [6.07, 6.45) is 5.44. The van der Waals surface area contributed by atoms with Gasteiger partial charge >= 0.3 is 0 Å². The number of carbonyl (C=O) groups is 2. The molecule has 1 aromatic carbocycles. The summed E-state index contributed by atoms with van der Waals surface area (Å²) in [5.41, 5.74) is 2.24. The maximum absolute atomic E-state index is 12.9. The molecule has 1 atom stereocenters. The molecule has 0 spiro atoms. The van der Waals surface area contributed by atoms with Crippen molar-refractivity contribution in [2.75, 3.05) is 18.4 Å². The monoisotopic (exact) mass is 437 g/mol. The van der Waals surface area contributed by atoms with E-state index in [-0.39, 0.29) is 23.7 Å². The number of carbonyl (C=O) groups excluding carboxylic acids is 2. The summed E-state index contributed by atoms with van der Waals surface area (Å²) in [5, 5.41) is 4.01. The Bertz CT molecular complexity index is 1090. The Hall–Kier alpha value is -2.87. The van der Waals surface area contributed by atoms with Crippen LogP contribution >= 0.6 is 11.3 Å². The van der Waals surface area contributed by atoms with Crippen molar-refractivity contribution in [3.05, 3.63) is 47.0 Å². The maximum atomic E-state index is 12.9. The lowest BCUT2D eigenvalue weighted by Crippen LogP contribution is -2.41. The topological polar surface area (TPSA) is 88.1 Å². The average molecular weight is 438 g/mol. The van der Waals surface area contributed by atoms with E-state index in [1.165, 1.54) is 0 Å². The Morgan fingerprint density at radius 1 is 1.26 bits per heavy atom. The van der Waals surface area contributed by atoms with E-state index in [4.69, 9.17) is 0 Å². The first-order valence-corrected chi connectivity index (χ1v) is 11.5. The number of rotatable bonds is 5. The number of nitrogens with zero attached hydrogens (tertiary/aromatic N) is 4. The van der Waals surface area contributed by atoms with Crippen molar-refractivity contribution in [1.29, 1.82) is 0 Å². The second-order valence-electron chi connectivity index (χ2n) is 8.41. The number of aromatic nitrogens is 3. The van der Waals surface area contributed by atoms with Crippen LogP contribution in [-0.4, -0.2) is 44.8 Å². The van der Waals surface area contributed by atoms with E-state index in [0.717, 1.165) is 39.6 Å². The fraction of sp³-hybridized carbons (Fsp3) is 0.435. The lowest BCUT2D eigenvalue weighted by Gasteiger charge is -2.32.